The van der Waals surface area contributed by atoms with Gasteiger partial charge in [0, 0.05) is 44.0 Å². The van der Waals surface area contributed by atoms with Gasteiger partial charge in [-0.2, -0.15) is 0 Å². The summed E-state index contributed by atoms with van der Waals surface area (Å²) in [5.41, 5.74) is 7.94. The maximum Gasteiger partial charge on any atom is 0.253 e. The van der Waals surface area contributed by atoms with Gasteiger partial charge in [-0.15, -0.1) is 24.8 Å². The Hall–Kier alpha value is -0.970. The lowest BCUT2D eigenvalue weighted by Crippen LogP contribution is -2.45. The van der Waals surface area contributed by atoms with Gasteiger partial charge in [0.05, 0.1) is 0 Å². The van der Waals surface area contributed by atoms with E-state index in [1.807, 2.05) is 36.1 Å². The molecule has 0 aromatic heterocycles. The van der Waals surface area contributed by atoms with Gasteiger partial charge in [0.2, 0.25) is 0 Å². The van der Waals surface area contributed by atoms with Crippen molar-refractivity contribution in [3.63, 3.8) is 0 Å². The first-order chi connectivity index (χ1) is 10.5. The van der Waals surface area contributed by atoms with Crippen LogP contribution in [0.5, 0.6) is 0 Å². The highest BCUT2D eigenvalue weighted by atomic mass is 35.5. The van der Waals surface area contributed by atoms with Crippen LogP contribution in [0.4, 0.5) is 5.69 Å². The standard InChI is InChI=1S/C18H29N3O.2ClH/c1-4-11-20(3)17-9-7-15(8-10-17)18(22)21-12-5-6-16(13-21)14(2)19;;/h7-10,14,16H,4-6,11-13,19H2,1-3H3;2*1H. The van der Waals surface area contributed by atoms with Crippen LogP contribution in [0.2, 0.25) is 0 Å². The van der Waals surface area contributed by atoms with Gasteiger partial charge in [0.15, 0.2) is 0 Å². The molecular weight excluding hydrogens is 345 g/mol. The second-order valence-corrected chi connectivity index (χ2v) is 6.48. The number of rotatable bonds is 5. The smallest absolute Gasteiger partial charge is 0.253 e. The van der Waals surface area contributed by atoms with Crippen molar-refractivity contribution in [2.24, 2.45) is 11.7 Å². The summed E-state index contributed by atoms with van der Waals surface area (Å²) in [5, 5.41) is 0. The molecule has 0 bridgehead atoms. The van der Waals surface area contributed by atoms with Gasteiger partial charge in [0.25, 0.3) is 5.91 Å². The minimum absolute atomic E-state index is 0. The first-order valence-corrected chi connectivity index (χ1v) is 8.39. The lowest BCUT2D eigenvalue weighted by Gasteiger charge is -2.34. The minimum atomic E-state index is 0. The Morgan fingerprint density at radius 2 is 1.96 bits per heavy atom. The fraction of sp³-hybridized carbons (Fsp3) is 0.611. The summed E-state index contributed by atoms with van der Waals surface area (Å²) in [6.07, 6.45) is 3.29. The van der Waals surface area contributed by atoms with Crippen molar-refractivity contribution in [1.82, 2.24) is 4.90 Å². The Morgan fingerprint density at radius 3 is 2.50 bits per heavy atom. The molecule has 0 aliphatic carbocycles. The predicted octanol–water partition coefficient (Wildman–Crippen LogP) is 3.58. The molecule has 2 N–H and O–H groups in total. The zero-order valence-corrected chi connectivity index (χ0v) is 16.5. The highest BCUT2D eigenvalue weighted by Gasteiger charge is 2.26. The molecule has 0 spiro atoms. The van der Waals surface area contributed by atoms with Crippen molar-refractivity contribution in [2.45, 2.75) is 39.2 Å². The first-order valence-electron chi connectivity index (χ1n) is 8.39. The number of nitrogens with two attached hydrogens (primary N) is 1. The van der Waals surface area contributed by atoms with Crippen LogP contribution in [0.15, 0.2) is 24.3 Å². The van der Waals surface area contributed by atoms with E-state index in [9.17, 15) is 4.79 Å². The number of amides is 1. The van der Waals surface area contributed by atoms with Crippen molar-refractivity contribution in [2.75, 3.05) is 31.6 Å². The van der Waals surface area contributed by atoms with Gasteiger partial charge in [-0.05, 0) is 56.4 Å². The number of benzene rings is 1. The molecule has 0 saturated carbocycles. The molecule has 2 unspecified atom stereocenters. The molecule has 1 amide bonds. The summed E-state index contributed by atoms with van der Waals surface area (Å²) in [6.45, 7) is 6.86. The molecule has 6 heteroatoms. The highest BCUT2D eigenvalue weighted by Crippen LogP contribution is 2.21. The third kappa shape index (κ3) is 5.83. The van der Waals surface area contributed by atoms with E-state index in [2.05, 4.69) is 18.9 Å². The molecule has 1 aliphatic heterocycles. The largest absolute Gasteiger partial charge is 0.375 e. The summed E-state index contributed by atoms with van der Waals surface area (Å²) in [6, 6.07) is 8.12. The summed E-state index contributed by atoms with van der Waals surface area (Å²) in [5.74, 6) is 0.558. The molecule has 1 saturated heterocycles. The molecule has 1 aliphatic rings. The average molecular weight is 376 g/mol. The SMILES string of the molecule is CCCN(C)c1ccc(C(=O)N2CCCC(C(C)N)C2)cc1.Cl.Cl. The molecule has 1 fully saturated rings. The number of halogens is 2. The Balaban J connectivity index is 0.00000264. The van der Waals surface area contributed by atoms with Crippen molar-refractivity contribution in [3.05, 3.63) is 29.8 Å². The van der Waals surface area contributed by atoms with Crippen molar-refractivity contribution in [1.29, 1.82) is 0 Å². The van der Waals surface area contributed by atoms with Gasteiger partial charge in [0.1, 0.15) is 0 Å². The second kappa shape index (κ2) is 10.8. The Morgan fingerprint density at radius 1 is 1.33 bits per heavy atom. The van der Waals surface area contributed by atoms with E-state index in [1.54, 1.807) is 0 Å². The quantitative estimate of drug-likeness (QED) is 0.855. The molecule has 4 nitrogen and oxygen atoms in total. The third-order valence-electron chi connectivity index (χ3n) is 4.60. The molecular formula is C18H31Cl2N3O. The molecule has 2 rings (SSSR count). The topological polar surface area (TPSA) is 49.6 Å². The number of carbonyl (C=O) groups is 1. The van der Waals surface area contributed by atoms with E-state index in [1.165, 1.54) is 0 Å². The predicted molar refractivity (Wildman–Crippen MR) is 107 cm³/mol. The van der Waals surface area contributed by atoms with Crippen LogP contribution in [0.3, 0.4) is 0 Å². The van der Waals surface area contributed by atoms with Gasteiger partial charge >= 0.3 is 0 Å². The van der Waals surface area contributed by atoms with Crippen molar-refractivity contribution in [3.8, 4) is 0 Å². The van der Waals surface area contributed by atoms with Gasteiger partial charge < -0.3 is 15.5 Å². The number of hydrogen-bond donors (Lipinski definition) is 1. The Labute approximate surface area is 158 Å². The van der Waals surface area contributed by atoms with E-state index < -0.39 is 0 Å². The summed E-state index contributed by atoms with van der Waals surface area (Å²) < 4.78 is 0. The molecule has 0 radical (unpaired) electrons. The zero-order valence-electron chi connectivity index (χ0n) is 14.9. The summed E-state index contributed by atoms with van der Waals surface area (Å²) >= 11 is 0. The van der Waals surface area contributed by atoms with Crippen LogP contribution < -0.4 is 10.6 Å². The molecule has 1 aromatic carbocycles. The van der Waals surface area contributed by atoms with Crippen LogP contribution in [0, 0.1) is 5.92 Å². The monoisotopic (exact) mass is 375 g/mol. The molecule has 1 heterocycles. The van der Waals surface area contributed by atoms with Crippen LogP contribution in [-0.4, -0.2) is 43.5 Å². The molecule has 138 valence electrons. The third-order valence-corrected chi connectivity index (χ3v) is 4.60. The maximum atomic E-state index is 12.6. The normalized spacial score (nSPS) is 18.2. The lowest BCUT2D eigenvalue weighted by atomic mass is 9.92. The van der Waals surface area contributed by atoms with Crippen LogP contribution in [0.1, 0.15) is 43.5 Å². The van der Waals surface area contributed by atoms with Crippen LogP contribution in [-0.2, 0) is 0 Å². The summed E-state index contributed by atoms with van der Waals surface area (Å²) in [4.78, 5) is 16.8. The van der Waals surface area contributed by atoms with E-state index >= 15 is 0 Å². The zero-order chi connectivity index (χ0) is 16.1. The first kappa shape index (κ1) is 23.0. The fourth-order valence-electron chi connectivity index (χ4n) is 3.13. The van der Waals surface area contributed by atoms with Gasteiger partial charge in [-0.25, -0.2) is 0 Å². The Kier molecular flexibility index (Phi) is 10.4. The number of likely N-dealkylation sites (tertiary alicyclic amines) is 1. The van der Waals surface area contributed by atoms with E-state index in [4.69, 9.17) is 5.73 Å². The average Bonchev–Trinajstić information content (AvgIpc) is 2.54. The number of carbonyl (C=O) groups excluding carboxylic acids is 1. The number of nitrogens with zero attached hydrogens (tertiary/aromatic N) is 2. The van der Waals surface area contributed by atoms with E-state index in [0.717, 1.165) is 50.1 Å². The van der Waals surface area contributed by atoms with E-state index in [-0.39, 0.29) is 36.8 Å². The molecule has 1 aromatic rings. The van der Waals surface area contributed by atoms with Crippen molar-refractivity contribution >= 4 is 36.4 Å². The highest BCUT2D eigenvalue weighted by molar-refractivity contribution is 5.94. The maximum absolute atomic E-state index is 12.6. The van der Waals surface area contributed by atoms with Crippen molar-refractivity contribution < 1.29 is 4.79 Å². The van der Waals surface area contributed by atoms with Gasteiger partial charge in [-0.3, -0.25) is 4.79 Å². The van der Waals surface area contributed by atoms with Gasteiger partial charge in [-0.1, -0.05) is 6.92 Å². The fourth-order valence-corrected chi connectivity index (χ4v) is 3.13. The van der Waals surface area contributed by atoms with E-state index in [0.29, 0.717) is 5.92 Å². The Bertz CT molecular complexity index is 494. The number of anilines is 1. The minimum Gasteiger partial charge on any atom is -0.375 e. The van der Waals surface area contributed by atoms with Crippen LogP contribution >= 0.6 is 24.8 Å². The molecule has 24 heavy (non-hydrogen) atoms. The molecule has 2 atom stereocenters. The lowest BCUT2D eigenvalue weighted by molar-refractivity contribution is 0.0661. The second-order valence-electron chi connectivity index (χ2n) is 6.48. The van der Waals surface area contributed by atoms with Crippen LogP contribution in [0.25, 0.3) is 0 Å². The number of hydrogen-bond acceptors (Lipinski definition) is 3. The number of piperidine rings is 1. The summed E-state index contributed by atoms with van der Waals surface area (Å²) in [7, 11) is 2.08.